The molecule has 3 rings (SSSR count). The standard InChI is InChI=1S/C21H29N5O4/c1-6-22-18-13-19(24-14(2)23-18)25-7-9-26(10-8-25)21(27)15-11-16(28-3)20(30-5)17(12-15)29-4/h11-13H,6-10H2,1-5H3,(H,22,23,24). The van der Waals surface area contributed by atoms with Gasteiger partial charge in [-0.25, -0.2) is 9.97 Å². The molecule has 9 nitrogen and oxygen atoms in total. The molecule has 9 heteroatoms. The summed E-state index contributed by atoms with van der Waals surface area (Å²) >= 11 is 0. The third-order valence-corrected chi connectivity index (χ3v) is 4.98. The minimum Gasteiger partial charge on any atom is -0.493 e. The Kier molecular flexibility index (Phi) is 6.81. The predicted molar refractivity (Wildman–Crippen MR) is 115 cm³/mol. The first-order valence-electron chi connectivity index (χ1n) is 9.94. The second-order valence-corrected chi connectivity index (χ2v) is 6.88. The van der Waals surface area contributed by atoms with E-state index in [0.717, 1.165) is 24.0 Å². The van der Waals surface area contributed by atoms with Crippen LogP contribution in [0.2, 0.25) is 0 Å². The lowest BCUT2D eigenvalue weighted by Crippen LogP contribution is -2.49. The van der Waals surface area contributed by atoms with Crippen molar-refractivity contribution < 1.29 is 19.0 Å². The highest BCUT2D eigenvalue weighted by molar-refractivity contribution is 5.95. The number of carbonyl (C=O) groups excluding carboxylic acids is 1. The Morgan fingerprint density at radius 3 is 2.17 bits per heavy atom. The van der Waals surface area contributed by atoms with Gasteiger partial charge < -0.3 is 29.3 Å². The summed E-state index contributed by atoms with van der Waals surface area (Å²) in [5.41, 5.74) is 0.505. The number of benzene rings is 1. The third-order valence-electron chi connectivity index (χ3n) is 4.98. The van der Waals surface area contributed by atoms with Crippen LogP contribution in [0.5, 0.6) is 17.2 Å². The van der Waals surface area contributed by atoms with Crippen molar-refractivity contribution in [2.24, 2.45) is 0 Å². The van der Waals surface area contributed by atoms with Crippen LogP contribution in [0.3, 0.4) is 0 Å². The number of nitrogens with zero attached hydrogens (tertiary/aromatic N) is 4. The number of aryl methyl sites for hydroxylation is 1. The number of ether oxygens (including phenoxy) is 3. The Bertz CT molecular complexity index is 872. The van der Waals surface area contributed by atoms with Gasteiger partial charge in [-0.05, 0) is 26.0 Å². The quantitative estimate of drug-likeness (QED) is 0.736. The molecule has 2 aromatic rings. The number of aromatic nitrogens is 2. The van der Waals surface area contributed by atoms with Crippen LogP contribution in [0, 0.1) is 6.92 Å². The van der Waals surface area contributed by atoms with E-state index in [1.165, 1.54) is 21.3 Å². The molecule has 0 aliphatic carbocycles. The predicted octanol–water partition coefficient (Wildman–Crippen LogP) is 2.21. The van der Waals surface area contributed by atoms with Crippen molar-refractivity contribution in [3.05, 3.63) is 29.6 Å². The molecule has 30 heavy (non-hydrogen) atoms. The van der Waals surface area contributed by atoms with E-state index in [2.05, 4.69) is 20.2 Å². The molecule has 1 N–H and O–H groups in total. The zero-order chi connectivity index (χ0) is 21.7. The van der Waals surface area contributed by atoms with Crippen LogP contribution >= 0.6 is 0 Å². The van der Waals surface area contributed by atoms with Crippen molar-refractivity contribution in [2.75, 3.05) is 64.3 Å². The van der Waals surface area contributed by atoms with Crippen LogP contribution in [0.25, 0.3) is 0 Å². The Morgan fingerprint density at radius 1 is 1.00 bits per heavy atom. The van der Waals surface area contributed by atoms with Gasteiger partial charge in [0.2, 0.25) is 5.75 Å². The Morgan fingerprint density at radius 2 is 1.63 bits per heavy atom. The van der Waals surface area contributed by atoms with Crippen LogP contribution in [0.1, 0.15) is 23.1 Å². The molecule has 0 unspecified atom stereocenters. The monoisotopic (exact) mass is 415 g/mol. The molecule has 1 amide bonds. The molecule has 1 aromatic heterocycles. The first-order valence-corrected chi connectivity index (χ1v) is 9.94. The van der Waals surface area contributed by atoms with Gasteiger partial charge in [-0.15, -0.1) is 0 Å². The lowest BCUT2D eigenvalue weighted by atomic mass is 10.1. The molecular formula is C21H29N5O4. The van der Waals surface area contributed by atoms with Gasteiger partial charge in [-0.1, -0.05) is 0 Å². The second-order valence-electron chi connectivity index (χ2n) is 6.88. The molecule has 0 saturated carbocycles. The van der Waals surface area contributed by atoms with E-state index in [0.29, 0.717) is 49.0 Å². The number of anilines is 2. The minimum absolute atomic E-state index is 0.0684. The SMILES string of the molecule is CCNc1cc(N2CCN(C(=O)c3cc(OC)c(OC)c(OC)c3)CC2)nc(C)n1. The fraction of sp³-hybridized carbons (Fsp3) is 0.476. The van der Waals surface area contributed by atoms with Gasteiger partial charge in [-0.2, -0.15) is 0 Å². The van der Waals surface area contributed by atoms with Crippen molar-refractivity contribution in [3.8, 4) is 17.2 Å². The molecule has 1 saturated heterocycles. The Balaban J connectivity index is 1.73. The van der Waals surface area contributed by atoms with E-state index in [1.54, 1.807) is 12.1 Å². The number of hydrogen-bond donors (Lipinski definition) is 1. The van der Waals surface area contributed by atoms with Crippen LogP contribution in [-0.2, 0) is 0 Å². The maximum absolute atomic E-state index is 13.1. The summed E-state index contributed by atoms with van der Waals surface area (Å²) in [6, 6.07) is 5.33. The number of rotatable bonds is 7. The smallest absolute Gasteiger partial charge is 0.254 e. The van der Waals surface area contributed by atoms with Gasteiger partial charge >= 0.3 is 0 Å². The molecule has 162 valence electrons. The first kappa shape index (κ1) is 21.5. The maximum atomic E-state index is 13.1. The number of hydrogen-bond acceptors (Lipinski definition) is 8. The second kappa shape index (κ2) is 9.51. The Labute approximate surface area is 177 Å². The van der Waals surface area contributed by atoms with E-state index < -0.39 is 0 Å². The van der Waals surface area contributed by atoms with Gasteiger partial charge in [0.25, 0.3) is 5.91 Å². The molecule has 2 heterocycles. The molecule has 0 radical (unpaired) electrons. The molecule has 1 aliphatic heterocycles. The molecule has 0 bridgehead atoms. The van der Waals surface area contributed by atoms with Crippen molar-refractivity contribution in [2.45, 2.75) is 13.8 Å². The fourth-order valence-electron chi connectivity index (χ4n) is 3.51. The summed E-state index contributed by atoms with van der Waals surface area (Å²) in [5.74, 6) is 3.74. The summed E-state index contributed by atoms with van der Waals surface area (Å²) in [7, 11) is 4.61. The van der Waals surface area contributed by atoms with Crippen molar-refractivity contribution in [1.82, 2.24) is 14.9 Å². The maximum Gasteiger partial charge on any atom is 0.254 e. The van der Waals surface area contributed by atoms with E-state index >= 15 is 0 Å². The summed E-state index contributed by atoms with van der Waals surface area (Å²) in [6.45, 7) is 7.28. The molecule has 0 spiro atoms. The third kappa shape index (κ3) is 4.50. The van der Waals surface area contributed by atoms with E-state index in [1.807, 2.05) is 24.8 Å². The highest BCUT2D eigenvalue weighted by Gasteiger charge is 2.25. The fourth-order valence-corrected chi connectivity index (χ4v) is 3.51. The highest BCUT2D eigenvalue weighted by Crippen LogP contribution is 2.38. The summed E-state index contributed by atoms with van der Waals surface area (Å²) in [6.07, 6.45) is 0. The van der Waals surface area contributed by atoms with Crippen LogP contribution in [0.15, 0.2) is 18.2 Å². The first-order chi connectivity index (χ1) is 14.5. The summed E-state index contributed by atoms with van der Waals surface area (Å²) in [4.78, 5) is 26.1. The van der Waals surface area contributed by atoms with Gasteiger partial charge in [0.15, 0.2) is 11.5 Å². The molecule has 1 aliphatic rings. The summed E-state index contributed by atoms with van der Waals surface area (Å²) < 4.78 is 16.1. The number of methoxy groups -OCH3 is 3. The average Bonchev–Trinajstić information content (AvgIpc) is 2.77. The molecule has 1 fully saturated rings. The number of carbonyl (C=O) groups is 1. The molecule has 1 aromatic carbocycles. The summed E-state index contributed by atoms with van der Waals surface area (Å²) in [5, 5.41) is 3.23. The lowest BCUT2D eigenvalue weighted by molar-refractivity contribution is 0.0745. The van der Waals surface area contributed by atoms with Gasteiger partial charge in [-0.3, -0.25) is 4.79 Å². The van der Waals surface area contributed by atoms with Crippen LogP contribution < -0.4 is 24.4 Å². The van der Waals surface area contributed by atoms with Crippen molar-refractivity contribution in [3.63, 3.8) is 0 Å². The zero-order valence-corrected chi connectivity index (χ0v) is 18.2. The van der Waals surface area contributed by atoms with Gasteiger partial charge in [0.05, 0.1) is 21.3 Å². The topological polar surface area (TPSA) is 89.1 Å². The number of piperazine rings is 1. The van der Waals surface area contributed by atoms with Crippen molar-refractivity contribution in [1.29, 1.82) is 0 Å². The minimum atomic E-state index is -0.0684. The Hall–Kier alpha value is -3.23. The number of nitrogens with one attached hydrogen (secondary N) is 1. The van der Waals surface area contributed by atoms with Gasteiger partial charge in [0.1, 0.15) is 17.5 Å². The average molecular weight is 415 g/mol. The normalized spacial score (nSPS) is 13.8. The van der Waals surface area contributed by atoms with E-state index in [-0.39, 0.29) is 5.91 Å². The van der Waals surface area contributed by atoms with Gasteiger partial charge in [0, 0.05) is 44.4 Å². The lowest BCUT2D eigenvalue weighted by Gasteiger charge is -2.35. The van der Waals surface area contributed by atoms with E-state index in [4.69, 9.17) is 14.2 Å². The van der Waals surface area contributed by atoms with Crippen LogP contribution in [-0.4, -0.2) is 74.8 Å². The molecule has 0 atom stereocenters. The largest absolute Gasteiger partial charge is 0.493 e. The van der Waals surface area contributed by atoms with Crippen LogP contribution in [0.4, 0.5) is 11.6 Å². The van der Waals surface area contributed by atoms with E-state index in [9.17, 15) is 4.79 Å². The van der Waals surface area contributed by atoms with Crippen molar-refractivity contribution >= 4 is 17.5 Å². The number of amides is 1. The highest BCUT2D eigenvalue weighted by atomic mass is 16.5. The zero-order valence-electron chi connectivity index (χ0n) is 18.2. The molecular weight excluding hydrogens is 386 g/mol.